The summed E-state index contributed by atoms with van der Waals surface area (Å²) in [5, 5.41) is 2.84. The van der Waals surface area contributed by atoms with Crippen LogP contribution in [0.1, 0.15) is 18.9 Å². The van der Waals surface area contributed by atoms with Gasteiger partial charge in [0, 0.05) is 24.3 Å². The van der Waals surface area contributed by atoms with Crippen LogP contribution in [0.5, 0.6) is 5.75 Å². The number of halogens is 1. The van der Waals surface area contributed by atoms with Gasteiger partial charge in [-0.25, -0.2) is 0 Å². The van der Waals surface area contributed by atoms with Crippen molar-refractivity contribution in [3.8, 4) is 5.75 Å². The fourth-order valence-electron chi connectivity index (χ4n) is 3.25. The molecule has 6 nitrogen and oxygen atoms in total. The number of rotatable bonds is 5. The van der Waals surface area contributed by atoms with Crippen molar-refractivity contribution in [3.63, 3.8) is 0 Å². The Hall–Kier alpha value is -2.73. The van der Waals surface area contributed by atoms with E-state index >= 15 is 0 Å². The van der Waals surface area contributed by atoms with E-state index in [0.717, 1.165) is 17.7 Å². The van der Waals surface area contributed by atoms with Gasteiger partial charge in [-0.3, -0.25) is 9.59 Å². The number of ether oxygens (including phenoxy) is 1. The molecule has 2 aromatic carbocycles. The largest absolute Gasteiger partial charge is 0.495 e. The first-order valence-electron chi connectivity index (χ1n) is 8.66. The van der Waals surface area contributed by atoms with Gasteiger partial charge in [-0.05, 0) is 36.2 Å². The highest BCUT2D eigenvalue weighted by Gasteiger charge is 2.35. The second-order valence-electron chi connectivity index (χ2n) is 6.33. The number of benzene rings is 2. The summed E-state index contributed by atoms with van der Waals surface area (Å²) in [5.74, 6) is -0.0446. The number of hydrogen-bond acceptors (Lipinski definition) is 4. The lowest BCUT2D eigenvalue weighted by molar-refractivity contribution is -0.122. The summed E-state index contributed by atoms with van der Waals surface area (Å²) in [6.07, 6.45) is 1.04. The number of amides is 2. The van der Waals surface area contributed by atoms with E-state index in [4.69, 9.17) is 10.5 Å². The molecule has 1 fully saturated rings. The number of anilines is 3. The summed E-state index contributed by atoms with van der Waals surface area (Å²) in [5.41, 5.74) is 8.91. The van der Waals surface area contributed by atoms with Crippen LogP contribution in [0.2, 0.25) is 0 Å². The highest BCUT2D eigenvalue weighted by atomic mass is 35.5. The number of hydrogen-bond donors (Lipinski definition) is 2. The molecule has 3 N–H and O–H groups in total. The predicted octanol–water partition coefficient (Wildman–Crippen LogP) is 3.25. The first kappa shape index (κ1) is 20.6. The molecule has 0 spiro atoms. The molecular weight excluding hydrogens is 366 g/mol. The van der Waals surface area contributed by atoms with Gasteiger partial charge in [0.2, 0.25) is 11.8 Å². The normalized spacial score (nSPS) is 16.0. The van der Waals surface area contributed by atoms with Gasteiger partial charge < -0.3 is 20.7 Å². The average molecular weight is 390 g/mol. The molecule has 7 heteroatoms. The number of nitrogens with zero attached hydrogens (tertiary/aromatic N) is 1. The zero-order valence-corrected chi connectivity index (χ0v) is 16.2. The number of para-hydroxylation sites is 1. The first-order chi connectivity index (χ1) is 12.5. The zero-order valence-electron chi connectivity index (χ0n) is 15.4. The van der Waals surface area contributed by atoms with Gasteiger partial charge in [-0.15, -0.1) is 12.4 Å². The molecule has 0 bridgehead atoms. The van der Waals surface area contributed by atoms with Crippen LogP contribution in [0.15, 0.2) is 42.5 Å². The van der Waals surface area contributed by atoms with Crippen molar-refractivity contribution in [3.05, 3.63) is 48.0 Å². The molecule has 1 atom stereocenters. The van der Waals surface area contributed by atoms with Crippen molar-refractivity contribution in [1.82, 2.24) is 0 Å². The fourth-order valence-corrected chi connectivity index (χ4v) is 3.25. The van der Waals surface area contributed by atoms with Crippen molar-refractivity contribution in [2.24, 2.45) is 5.92 Å². The van der Waals surface area contributed by atoms with E-state index in [1.165, 1.54) is 7.11 Å². The quantitative estimate of drug-likeness (QED) is 0.769. The second-order valence-corrected chi connectivity index (χ2v) is 6.33. The van der Waals surface area contributed by atoms with Crippen LogP contribution < -0.4 is 20.7 Å². The molecule has 144 valence electrons. The summed E-state index contributed by atoms with van der Waals surface area (Å²) in [4.78, 5) is 26.8. The maximum Gasteiger partial charge on any atom is 0.229 e. The van der Waals surface area contributed by atoms with Crippen molar-refractivity contribution < 1.29 is 14.3 Å². The Morgan fingerprint density at radius 3 is 2.70 bits per heavy atom. The number of aryl methyl sites for hydroxylation is 1. The Morgan fingerprint density at radius 1 is 1.30 bits per heavy atom. The van der Waals surface area contributed by atoms with Crippen molar-refractivity contribution in [1.29, 1.82) is 0 Å². The Kier molecular flexibility index (Phi) is 6.69. The lowest BCUT2D eigenvalue weighted by atomic mass is 10.1. The van der Waals surface area contributed by atoms with Crippen LogP contribution >= 0.6 is 12.4 Å². The molecule has 1 aliphatic rings. The Balaban J connectivity index is 0.00000261. The third-order valence-corrected chi connectivity index (χ3v) is 4.66. The van der Waals surface area contributed by atoms with Crippen LogP contribution in [-0.2, 0) is 16.0 Å². The van der Waals surface area contributed by atoms with E-state index < -0.39 is 5.92 Å². The molecular formula is C20H24ClN3O3. The Labute approximate surface area is 165 Å². The van der Waals surface area contributed by atoms with Crippen molar-refractivity contribution in [2.45, 2.75) is 19.8 Å². The molecule has 1 saturated heterocycles. The number of nitrogens with two attached hydrogens (primary N) is 1. The average Bonchev–Trinajstić information content (AvgIpc) is 3.03. The second kappa shape index (κ2) is 8.77. The summed E-state index contributed by atoms with van der Waals surface area (Å²) in [6.45, 7) is 2.44. The van der Waals surface area contributed by atoms with Gasteiger partial charge in [0.15, 0.2) is 0 Å². The van der Waals surface area contributed by atoms with Gasteiger partial charge in [0.1, 0.15) is 5.75 Å². The third-order valence-electron chi connectivity index (χ3n) is 4.66. The zero-order chi connectivity index (χ0) is 18.7. The highest BCUT2D eigenvalue weighted by molar-refractivity contribution is 6.04. The van der Waals surface area contributed by atoms with E-state index in [1.807, 2.05) is 24.3 Å². The van der Waals surface area contributed by atoms with E-state index in [9.17, 15) is 9.59 Å². The van der Waals surface area contributed by atoms with Crippen molar-refractivity contribution in [2.75, 3.05) is 29.6 Å². The van der Waals surface area contributed by atoms with Crippen LogP contribution in [-0.4, -0.2) is 25.5 Å². The SMILES string of the molecule is CCc1ccccc1N1CC(C(=O)Nc2ccc(OC)c(N)c2)CC1=O.Cl. The minimum absolute atomic E-state index is 0. The maximum atomic E-state index is 12.6. The summed E-state index contributed by atoms with van der Waals surface area (Å²) < 4.78 is 5.11. The minimum atomic E-state index is -0.393. The minimum Gasteiger partial charge on any atom is -0.495 e. The molecule has 1 unspecified atom stereocenters. The van der Waals surface area contributed by atoms with Gasteiger partial charge in [0.05, 0.1) is 18.7 Å². The van der Waals surface area contributed by atoms with Crippen LogP contribution in [0, 0.1) is 5.92 Å². The molecule has 3 rings (SSSR count). The van der Waals surface area contributed by atoms with Crippen LogP contribution in [0.25, 0.3) is 0 Å². The van der Waals surface area contributed by atoms with Crippen LogP contribution in [0.3, 0.4) is 0 Å². The Bertz CT molecular complexity index is 841. The fraction of sp³-hybridized carbons (Fsp3) is 0.300. The van der Waals surface area contributed by atoms with Crippen molar-refractivity contribution >= 4 is 41.3 Å². The van der Waals surface area contributed by atoms with Gasteiger partial charge in [-0.1, -0.05) is 25.1 Å². The number of carbonyl (C=O) groups is 2. The summed E-state index contributed by atoms with van der Waals surface area (Å²) in [6, 6.07) is 12.9. The first-order valence-corrected chi connectivity index (χ1v) is 8.66. The lowest BCUT2D eigenvalue weighted by Crippen LogP contribution is -2.28. The monoisotopic (exact) mass is 389 g/mol. The van der Waals surface area contributed by atoms with Gasteiger partial charge in [0.25, 0.3) is 0 Å². The number of nitrogen functional groups attached to an aromatic ring is 1. The smallest absolute Gasteiger partial charge is 0.229 e. The third kappa shape index (κ3) is 4.34. The van der Waals surface area contributed by atoms with E-state index in [1.54, 1.807) is 23.1 Å². The number of carbonyl (C=O) groups excluding carboxylic acids is 2. The molecule has 0 saturated carbocycles. The number of methoxy groups -OCH3 is 1. The highest BCUT2D eigenvalue weighted by Crippen LogP contribution is 2.30. The molecule has 2 aromatic rings. The lowest BCUT2D eigenvalue weighted by Gasteiger charge is -2.20. The van der Waals surface area contributed by atoms with E-state index in [-0.39, 0.29) is 30.6 Å². The van der Waals surface area contributed by atoms with Gasteiger partial charge >= 0.3 is 0 Å². The number of nitrogens with one attached hydrogen (secondary N) is 1. The van der Waals surface area contributed by atoms with Gasteiger partial charge in [-0.2, -0.15) is 0 Å². The molecule has 0 aromatic heterocycles. The topological polar surface area (TPSA) is 84.7 Å². The summed E-state index contributed by atoms with van der Waals surface area (Å²) in [7, 11) is 1.54. The molecule has 2 amide bonds. The maximum absolute atomic E-state index is 12.6. The Morgan fingerprint density at radius 2 is 2.04 bits per heavy atom. The van der Waals surface area contributed by atoms with E-state index in [0.29, 0.717) is 23.7 Å². The molecule has 1 aliphatic heterocycles. The van der Waals surface area contributed by atoms with E-state index in [2.05, 4.69) is 12.2 Å². The molecule has 0 radical (unpaired) electrons. The molecule has 27 heavy (non-hydrogen) atoms. The summed E-state index contributed by atoms with van der Waals surface area (Å²) >= 11 is 0. The molecule has 1 heterocycles. The standard InChI is InChI=1S/C20H23N3O3.ClH/c1-3-13-6-4-5-7-17(13)23-12-14(10-19(23)24)20(25)22-15-8-9-18(26-2)16(21)11-15;/h4-9,11,14H,3,10,12,21H2,1-2H3,(H,22,25);1H. The van der Waals surface area contributed by atoms with Crippen LogP contribution in [0.4, 0.5) is 17.1 Å². The molecule has 0 aliphatic carbocycles. The predicted molar refractivity (Wildman–Crippen MR) is 110 cm³/mol.